The molecule has 0 fully saturated rings. The van der Waals surface area contributed by atoms with Gasteiger partial charge in [-0.15, -0.1) is 11.3 Å². The predicted molar refractivity (Wildman–Crippen MR) is 78.1 cm³/mol. The van der Waals surface area contributed by atoms with Gasteiger partial charge in [0, 0.05) is 13.0 Å². The van der Waals surface area contributed by atoms with E-state index in [0.717, 1.165) is 4.88 Å². The summed E-state index contributed by atoms with van der Waals surface area (Å²) in [4.78, 5) is 27.4. The molecule has 2 N–H and O–H groups in total. The maximum atomic E-state index is 11.8. The summed E-state index contributed by atoms with van der Waals surface area (Å²) in [5, 5.41) is 13.1. The summed E-state index contributed by atoms with van der Waals surface area (Å²) < 4.78 is 5.56. The molecule has 2 aromatic heterocycles. The molecule has 1 amide bonds. The first kappa shape index (κ1) is 15.2. The number of nitrogens with one attached hydrogen (secondary N) is 1. The van der Waals surface area contributed by atoms with E-state index < -0.39 is 5.97 Å². The van der Waals surface area contributed by atoms with Crippen molar-refractivity contribution in [3.05, 3.63) is 29.0 Å². The number of aromatic nitrogens is 1. The van der Waals surface area contributed by atoms with Crippen molar-refractivity contribution < 1.29 is 19.1 Å². The number of aryl methyl sites for hydroxylation is 1. The van der Waals surface area contributed by atoms with Crippen LogP contribution >= 0.6 is 11.3 Å². The van der Waals surface area contributed by atoms with E-state index in [2.05, 4.69) is 10.3 Å². The third-order valence-electron chi connectivity index (χ3n) is 2.84. The van der Waals surface area contributed by atoms with E-state index in [0.29, 0.717) is 30.3 Å². The van der Waals surface area contributed by atoms with Gasteiger partial charge in [-0.3, -0.25) is 9.59 Å². The molecule has 0 saturated carbocycles. The molecule has 0 atom stereocenters. The lowest BCUT2D eigenvalue weighted by Gasteiger charge is -2.02. The van der Waals surface area contributed by atoms with Crippen molar-refractivity contribution in [2.24, 2.45) is 0 Å². The fourth-order valence-electron chi connectivity index (χ4n) is 1.78. The number of rotatable bonds is 7. The van der Waals surface area contributed by atoms with Crippen molar-refractivity contribution in [2.75, 3.05) is 6.54 Å². The largest absolute Gasteiger partial charge is 0.481 e. The van der Waals surface area contributed by atoms with E-state index in [1.807, 2.05) is 17.5 Å². The maximum absolute atomic E-state index is 11.8. The first-order valence-corrected chi connectivity index (χ1v) is 7.43. The average molecular weight is 308 g/mol. The lowest BCUT2D eigenvalue weighted by Crippen LogP contribution is -2.26. The molecule has 0 radical (unpaired) electrons. The quantitative estimate of drug-likeness (QED) is 0.765. The number of nitrogens with zero attached hydrogens (tertiary/aromatic N) is 1. The summed E-state index contributed by atoms with van der Waals surface area (Å²) in [5.74, 6) is 0.0990. The molecule has 6 nitrogen and oxygen atoms in total. The molecule has 0 saturated heterocycles. The van der Waals surface area contributed by atoms with Crippen molar-refractivity contribution in [1.82, 2.24) is 10.3 Å². The van der Waals surface area contributed by atoms with Crippen LogP contribution in [0.15, 0.2) is 21.9 Å². The Morgan fingerprint density at radius 1 is 1.48 bits per heavy atom. The molecule has 0 aliphatic carbocycles. The van der Waals surface area contributed by atoms with Gasteiger partial charge in [0.25, 0.3) is 0 Å². The highest BCUT2D eigenvalue weighted by molar-refractivity contribution is 7.13. The van der Waals surface area contributed by atoms with Crippen LogP contribution in [0.3, 0.4) is 0 Å². The van der Waals surface area contributed by atoms with Gasteiger partial charge in [0.05, 0.1) is 17.0 Å². The minimum atomic E-state index is -0.864. The second-order valence-electron chi connectivity index (χ2n) is 4.52. The van der Waals surface area contributed by atoms with Gasteiger partial charge >= 0.3 is 5.97 Å². The number of carbonyl (C=O) groups excluding carboxylic acids is 1. The zero-order valence-electron chi connectivity index (χ0n) is 11.6. The second kappa shape index (κ2) is 7.03. The third-order valence-corrected chi connectivity index (χ3v) is 3.70. The van der Waals surface area contributed by atoms with E-state index in [1.54, 1.807) is 6.92 Å². The molecule has 0 aliphatic heterocycles. The minimum Gasteiger partial charge on any atom is -0.481 e. The molecule has 2 rings (SSSR count). The van der Waals surface area contributed by atoms with Gasteiger partial charge in [-0.2, -0.15) is 0 Å². The van der Waals surface area contributed by atoms with Crippen molar-refractivity contribution in [3.8, 4) is 10.8 Å². The highest BCUT2D eigenvalue weighted by atomic mass is 32.1. The fourth-order valence-corrected chi connectivity index (χ4v) is 2.43. The molecular weight excluding hydrogens is 292 g/mol. The van der Waals surface area contributed by atoms with Crippen LogP contribution in [-0.2, 0) is 16.0 Å². The van der Waals surface area contributed by atoms with Crippen LogP contribution in [0, 0.1) is 6.92 Å². The number of carbonyl (C=O) groups is 2. The van der Waals surface area contributed by atoms with Crippen molar-refractivity contribution in [1.29, 1.82) is 0 Å². The van der Waals surface area contributed by atoms with Crippen molar-refractivity contribution in [3.63, 3.8) is 0 Å². The third kappa shape index (κ3) is 4.42. The van der Waals surface area contributed by atoms with E-state index in [-0.39, 0.29) is 18.7 Å². The Morgan fingerprint density at radius 3 is 2.95 bits per heavy atom. The standard InChI is InChI=1S/C14H16N2O4S/c1-9-10(8-12(17)15-6-2-5-13(18)19)16-14(20-9)11-4-3-7-21-11/h3-4,7H,2,5-6,8H2,1H3,(H,15,17)(H,18,19). The van der Waals surface area contributed by atoms with Crippen LogP contribution in [-0.4, -0.2) is 28.5 Å². The summed E-state index contributed by atoms with van der Waals surface area (Å²) in [5.41, 5.74) is 0.606. The zero-order valence-corrected chi connectivity index (χ0v) is 12.4. The van der Waals surface area contributed by atoms with Crippen molar-refractivity contribution in [2.45, 2.75) is 26.2 Å². The average Bonchev–Trinajstić information content (AvgIpc) is 3.05. The molecule has 7 heteroatoms. The SMILES string of the molecule is Cc1oc(-c2cccs2)nc1CC(=O)NCCCC(=O)O. The Morgan fingerprint density at radius 2 is 2.29 bits per heavy atom. The summed E-state index contributed by atoms with van der Waals surface area (Å²) in [6.07, 6.45) is 0.596. The monoisotopic (exact) mass is 308 g/mol. The number of amides is 1. The topological polar surface area (TPSA) is 92.4 Å². The van der Waals surface area contributed by atoms with E-state index in [9.17, 15) is 9.59 Å². The zero-order chi connectivity index (χ0) is 15.2. The fraction of sp³-hybridized carbons (Fsp3) is 0.357. The summed E-state index contributed by atoms with van der Waals surface area (Å²) in [7, 11) is 0. The molecule has 0 aliphatic rings. The first-order chi connectivity index (χ1) is 10.1. The van der Waals surface area contributed by atoms with Gasteiger partial charge in [0.1, 0.15) is 5.76 Å². The summed E-state index contributed by atoms with van der Waals surface area (Å²) in [6.45, 7) is 2.12. The number of hydrogen-bond donors (Lipinski definition) is 2. The Kier molecular flexibility index (Phi) is 5.10. The van der Waals surface area contributed by atoms with Gasteiger partial charge in [0.2, 0.25) is 11.8 Å². The number of hydrogen-bond acceptors (Lipinski definition) is 5. The summed E-state index contributed by atoms with van der Waals surface area (Å²) >= 11 is 1.52. The van der Waals surface area contributed by atoms with Gasteiger partial charge in [-0.25, -0.2) is 4.98 Å². The normalized spacial score (nSPS) is 10.5. The van der Waals surface area contributed by atoms with Gasteiger partial charge in [-0.1, -0.05) is 6.07 Å². The lowest BCUT2D eigenvalue weighted by atomic mass is 10.2. The Labute approximate surface area is 125 Å². The lowest BCUT2D eigenvalue weighted by molar-refractivity contribution is -0.137. The first-order valence-electron chi connectivity index (χ1n) is 6.55. The number of oxazole rings is 1. The molecule has 2 aromatic rings. The molecule has 2 heterocycles. The molecule has 0 spiro atoms. The van der Waals surface area contributed by atoms with Crippen LogP contribution in [0.2, 0.25) is 0 Å². The number of thiophene rings is 1. The predicted octanol–water partition coefficient (Wildman–Crippen LogP) is 2.24. The van der Waals surface area contributed by atoms with Crippen LogP contribution in [0.25, 0.3) is 10.8 Å². The molecule has 0 aromatic carbocycles. The highest BCUT2D eigenvalue weighted by Crippen LogP contribution is 2.25. The molecule has 0 bridgehead atoms. The van der Waals surface area contributed by atoms with Crippen LogP contribution in [0.1, 0.15) is 24.3 Å². The number of carboxylic acid groups (broad SMARTS) is 1. The summed E-state index contributed by atoms with van der Waals surface area (Å²) in [6, 6.07) is 3.82. The smallest absolute Gasteiger partial charge is 0.303 e. The Hall–Kier alpha value is -2.15. The van der Waals surface area contributed by atoms with Crippen molar-refractivity contribution >= 4 is 23.2 Å². The molecule has 0 unspecified atom stereocenters. The van der Waals surface area contributed by atoms with Crippen LogP contribution in [0.4, 0.5) is 0 Å². The molecule has 21 heavy (non-hydrogen) atoms. The second-order valence-corrected chi connectivity index (χ2v) is 5.47. The molecular formula is C14H16N2O4S. The van der Waals surface area contributed by atoms with Crippen LogP contribution in [0.5, 0.6) is 0 Å². The highest BCUT2D eigenvalue weighted by Gasteiger charge is 2.15. The van der Waals surface area contributed by atoms with E-state index in [1.165, 1.54) is 11.3 Å². The van der Waals surface area contributed by atoms with Crippen LogP contribution < -0.4 is 5.32 Å². The molecule has 112 valence electrons. The van der Waals surface area contributed by atoms with E-state index in [4.69, 9.17) is 9.52 Å². The van der Waals surface area contributed by atoms with Gasteiger partial charge in [-0.05, 0) is 24.8 Å². The maximum Gasteiger partial charge on any atom is 0.303 e. The van der Waals surface area contributed by atoms with Gasteiger partial charge in [0.15, 0.2) is 0 Å². The van der Waals surface area contributed by atoms with E-state index >= 15 is 0 Å². The number of aliphatic carboxylic acids is 1. The Balaban J connectivity index is 1.88. The minimum absolute atomic E-state index is 0.0474. The Bertz CT molecular complexity index is 619. The van der Waals surface area contributed by atoms with Gasteiger partial charge < -0.3 is 14.8 Å². The number of carboxylic acids is 1.